The van der Waals surface area contributed by atoms with Crippen molar-refractivity contribution in [2.24, 2.45) is 0 Å². The zero-order valence-corrected chi connectivity index (χ0v) is 14.4. The Kier molecular flexibility index (Phi) is 5.46. The van der Waals surface area contributed by atoms with Gasteiger partial charge >= 0.3 is 11.6 Å². The molecule has 7 heteroatoms. The van der Waals surface area contributed by atoms with Crippen molar-refractivity contribution in [1.82, 2.24) is 5.32 Å². The Hall–Kier alpha value is -2.83. The molecular weight excluding hydrogens is 326 g/mol. The van der Waals surface area contributed by atoms with Gasteiger partial charge in [-0.15, -0.1) is 0 Å². The highest BCUT2D eigenvalue weighted by Gasteiger charge is 2.19. The molecule has 0 aliphatic rings. The monoisotopic (exact) mass is 347 g/mol. The highest BCUT2D eigenvalue weighted by Crippen LogP contribution is 2.28. The van der Waals surface area contributed by atoms with Crippen molar-refractivity contribution >= 4 is 22.8 Å². The Bertz CT molecular complexity index is 883. The Labute approximate surface area is 144 Å². The fraction of sp³-hybridized carbons (Fsp3) is 0.389. The molecule has 3 N–H and O–H groups in total. The maximum absolute atomic E-state index is 12.2. The van der Waals surface area contributed by atoms with Crippen molar-refractivity contribution in [1.29, 1.82) is 0 Å². The molecule has 0 aliphatic heterocycles. The number of hydrogen-bond acceptors (Lipinski definition) is 5. The minimum absolute atomic E-state index is 0.0159. The number of carboxylic acid groups (broad SMARTS) is 1. The summed E-state index contributed by atoms with van der Waals surface area (Å²) in [5.74, 6) is -1.48. The maximum Gasteiger partial charge on any atom is 0.339 e. The summed E-state index contributed by atoms with van der Waals surface area (Å²) in [6.07, 6.45) is 0.408. The van der Waals surface area contributed by atoms with Gasteiger partial charge in [0.15, 0.2) is 0 Å². The number of carbonyl (C=O) groups excluding carboxylic acids is 1. The molecule has 134 valence electrons. The van der Waals surface area contributed by atoms with Crippen LogP contribution >= 0.6 is 0 Å². The molecule has 0 spiro atoms. The topological polar surface area (TPSA) is 117 Å². The van der Waals surface area contributed by atoms with Crippen molar-refractivity contribution in [3.05, 3.63) is 39.2 Å². The van der Waals surface area contributed by atoms with Crippen molar-refractivity contribution in [2.45, 2.75) is 46.1 Å². The number of aliphatic carboxylic acids is 1. The average Bonchev–Trinajstić information content (AvgIpc) is 2.56. The van der Waals surface area contributed by atoms with Crippen LogP contribution in [0.2, 0.25) is 0 Å². The molecule has 25 heavy (non-hydrogen) atoms. The van der Waals surface area contributed by atoms with Crippen LogP contribution in [0.25, 0.3) is 11.0 Å². The van der Waals surface area contributed by atoms with Crippen LogP contribution in [0.15, 0.2) is 21.3 Å². The number of aryl methyl sites for hydroxylation is 2. The lowest BCUT2D eigenvalue weighted by Gasteiger charge is -2.13. The van der Waals surface area contributed by atoms with Crippen LogP contribution < -0.4 is 10.9 Å². The van der Waals surface area contributed by atoms with E-state index in [4.69, 9.17) is 9.52 Å². The predicted molar refractivity (Wildman–Crippen MR) is 91.8 cm³/mol. The normalized spacial score (nSPS) is 12.1. The molecule has 0 saturated carbocycles. The van der Waals surface area contributed by atoms with E-state index >= 15 is 0 Å². The Morgan fingerprint density at radius 2 is 1.92 bits per heavy atom. The van der Waals surface area contributed by atoms with E-state index < -0.39 is 23.5 Å². The van der Waals surface area contributed by atoms with Gasteiger partial charge in [0.25, 0.3) is 0 Å². The van der Waals surface area contributed by atoms with E-state index in [1.54, 1.807) is 26.8 Å². The number of benzene rings is 1. The first kappa shape index (κ1) is 18.5. The number of hydrogen-bond donors (Lipinski definition) is 3. The number of nitrogens with one attached hydrogen (secondary N) is 1. The average molecular weight is 347 g/mol. The zero-order valence-electron chi connectivity index (χ0n) is 14.4. The number of aromatic hydroxyl groups is 1. The molecule has 1 amide bonds. The molecule has 2 rings (SSSR count). The van der Waals surface area contributed by atoms with Crippen LogP contribution in [0.3, 0.4) is 0 Å². The van der Waals surface area contributed by atoms with Gasteiger partial charge in [-0.3, -0.25) is 4.79 Å². The lowest BCUT2D eigenvalue weighted by molar-refractivity contribution is -0.141. The minimum atomic E-state index is -1.09. The van der Waals surface area contributed by atoms with E-state index in [0.29, 0.717) is 27.7 Å². The van der Waals surface area contributed by atoms with Gasteiger partial charge in [0.05, 0.1) is 0 Å². The van der Waals surface area contributed by atoms with Crippen LogP contribution in [0.1, 0.15) is 36.5 Å². The number of carboxylic acids is 1. The maximum atomic E-state index is 12.2. The van der Waals surface area contributed by atoms with Gasteiger partial charge in [0.1, 0.15) is 17.4 Å². The smallest absolute Gasteiger partial charge is 0.339 e. The first-order valence-corrected chi connectivity index (χ1v) is 8.03. The summed E-state index contributed by atoms with van der Waals surface area (Å²) in [6.45, 7) is 5.08. The fourth-order valence-electron chi connectivity index (χ4n) is 2.71. The van der Waals surface area contributed by atoms with Gasteiger partial charge in [-0.25, -0.2) is 9.59 Å². The van der Waals surface area contributed by atoms with Gasteiger partial charge in [0.2, 0.25) is 5.91 Å². The van der Waals surface area contributed by atoms with Crippen LogP contribution in [-0.4, -0.2) is 28.1 Å². The lowest BCUT2D eigenvalue weighted by Crippen LogP contribution is -2.40. The molecule has 0 unspecified atom stereocenters. The van der Waals surface area contributed by atoms with Crippen molar-refractivity contribution < 1.29 is 24.2 Å². The Balaban J connectivity index is 2.25. The number of fused-ring (bicyclic) bond motifs is 1. The Morgan fingerprint density at radius 1 is 1.24 bits per heavy atom. The number of rotatable bonds is 6. The molecule has 1 aromatic heterocycles. The first-order valence-electron chi connectivity index (χ1n) is 8.03. The molecule has 1 aromatic carbocycles. The summed E-state index contributed by atoms with van der Waals surface area (Å²) in [4.78, 5) is 35.1. The highest BCUT2D eigenvalue weighted by molar-refractivity contribution is 5.86. The second kappa shape index (κ2) is 7.38. The van der Waals surface area contributed by atoms with Crippen molar-refractivity contribution in [3.8, 4) is 5.75 Å². The van der Waals surface area contributed by atoms with E-state index in [9.17, 15) is 19.5 Å². The van der Waals surface area contributed by atoms with Crippen LogP contribution in [0.4, 0.5) is 0 Å². The summed E-state index contributed by atoms with van der Waals surface area (Å²) in [7, 11) is 0. The second-order valence-electron chi connectivity index (χ2n) is 5.95. The predicted octanol–water partition coefficient (Wildman–Crippen LogP) is 2.03. The first-order chi connectivity index (χ1) is 11.8. The van der Waals surface area contributed by atoms with E-state index in [1.807, 2.05) is 0 Å². The van der Waals surface area contributed by atoms with Gasteiger partial charge in [-0.1, -0.05) is 6.92 Å². The number of carbonyl (C=O) groups is 2. The molecule has 2 aromatic rings. The number of phenolic OH excluding ortho intramolecular Hbond substituents is 1. The molecular formula is C18H21NO6. The third kappa shape index (κ3) is 3.81. The van der Waals surface area contributed by atoms with Gasteiger partial charge in [-0.2, -0.15) is 0 Å². The summed E-state index contributed by atoms with van der Waals surface area (Å²) in [6, 6.07) is 2.25. The van der Waals surface area contributed by atoms with Gasteiger partial charge < -0.3 is 19.9 Å². The minimum Gasteiger partial charge on any atom is -0.508 e. The quantitative estimate of drug-likeness (QED) is 0.688. The van der Waals surface area contributed by atoms with Crippen LogP contribution in [0, 0.1) is 13.8 Å². The third-order valence-electron chi connectivity index (χ3n) is 4.32. The summed E-state index contributed by atoms with van der Waals surface area (Å²) in [5, 5.41) is 21.8. The van der Waals surface area contributed by atoms with Crippen LogP contribution in [-0.2, 0) is 16.0 Å². The van der Waals surface area contributed by atoms with E-state index in [-0.39, 0.29) is 25.0 Å². The standard InChI is InChI=1S/C18H21NO6/c1-4-13(17(22)23)19-15(21)8-6-12-9(2)11-5-7-14(20)10(3)16(11)25-18(12)24/h5,7,13,20H,4,6,8H2,1-3H3,(H,19,21)(H,22,23)/t13-/m0/s1. The number of phenols is 1. The van der Waals surface area contributed by atoms with E-state index in [2.05, 4.69) is 5.32 Å². The Morgan fingerprint density at radius 3 is 2.52 bits per heavy atom. The highest BCUT2D eigenvalue weighted by atomic mass is 16.4. The molecule has 0 aliphatic carbocycles. The summed E-state index contributed by atoms with van der Waals surface area (Å²) in [5.41, 5.74) is 1.31. The molecule has 0 bridgehead atoms. The zero-order chi connectivity index (χ0) is 18.7. The van der Waals surface area contributed by atoms with E-state index in [1.165, 1.54) is 6.07 Å². The van der Waals surface area contributed by atoms with Crippen LogP contribution in [0.5, 0.6) is 5.75 Å². The van der Waals surface area contributed by atoms with Crippen molar-refractivity contribution in [3.63, 3.8) is 0 Å². The van der Waals surface area contributed by atoms with Crippen molar-refractivity contribution in [2.75, 3.05) is 0 Å². The third-order valence-corrected chi connectivity index (χ3v) is 4.32. The molecule has 1 heterocycles. The molecule has 7 nitrogen and oxygen atoms in total. The molecule has 1 atom stereocenters. The largest absolute Gasteiger partial charge is 0.508 e. The fourth-order valence-corrected chi connectivity index (χ4v) is 2.71. The van der Waals surface area contributed by atoms with Gasteiger partial charge in [0, 0.05) is 22.9 Å². The van der Waals surface area contributed by atoms with Gasteiger partial charge in [-0.05, 0) is 44.4 Å². The second-order valence-corrected chi connectivity index (χ2v) is 5.95. The molecule has 0 saturated heterocycles. The lowest BCUT2D eigenvalue weighted by atomic mass is 10.00. The number of amides is 1. The SMILES string of the molecule is CC[C@H](NC(=O)CCc1c(C)c2ccc(O)c(C)c2oc1=O)C(=O)O. The summed E-state index contributed by atoms with van der Waals surface area (Å²) < 4.78 is 5.32. The molecule has 0 fully saturated rings. The molecule has 0 radical (unpaired) electrons. The summed E-state index contributed by atoms with van der Waals surface area (Å²) >= 11 is 0. The van der Waals surface area contributed by atoms with E-state index in [0.717, 1.165) is 0 Å².